The molecule has 0 aromatic rings. The predicted octanol–water partition coefficient (Wildman–Crippen LogP) is 10.2. The van der Waals surface area contributed by atoms with E-state index in [-0.39, 0.29) is 25.2 Å². The van der Waals surface area contributed by atoms with Crippen molar-refractivity contribution in [1.82, 2.24) is 0 Å². The van der Waals surface area contributed by atoms with E-state index in [0.717, 1.165) is 63.7 Å². The van der Waals surface area contributed by atoms with Crippen LogP contribution in [0.15, 0.2) is 12.2 Å². The topological polar surface area (TPSA) is 85.4 Å². The smallest absolute Gasteiger partial charge is 0.306 e. The molecule has 1 aliphatic rings. The van der Waals surface area contributed by atoms with Crippen LogP contribution in [-0.4, -0.2) is 48.6 Å². The van der Waals surface area contributed by atoms with E-state index in [2.05, 4.69) is 32.9 Å². The molecular formula is C38H70O6. The summed E-state index contributed by atoms with van der Waals surface area (Å²) >= 11 is 0. The van der Waals surface area contributed by atoms with Crippen LogP contribution < -0.4 is 0 Å². The number of hydrogen-bond donors (Lipinski definition) is 1. The average Bonchev–Trinajstić information content (AvgIpc) is 3.76. The number of allylic oxidation sites excluding steroid dienone is 1. The fraction of sp³-hybridized carbons (Fsp3) is 0.895. The second-order valence-corrected chi connectivity index (χ2v) is 13.5. The standard InChI is InChI=1S/C38H70O6/c1-4-5-6-7-17-22-27-35-36(44-35)28-23-18-15-20-24-29-37(40)42-32-34(31-39)43-38(41)30-25-19-14-12-10-8-9-11-13-16-21-26-33(2)3/h17,22,33-36,39H,4-16,18-21,23-32H2,1-3H3/b22-17-/t34-,35?,36?/m0/s1. The van der Waals surface area contributed by atoms with Crippen LogP contribution in [0.5, 0.6) is 0 Å². The van der Waals surface area contributed by atoms with Gasteiger partial charge in [0.1, 0.15) is 6.61 Å². The zero-order valence-electron chi connectivity index (χ0n) is 29.0. The molecule has 0 aliphatic carbocycles. The van der Waals surface area contributed by atoms with Crippen molar-refractivity contribution in [2.75, 3.05) is 13.2 Å². The van der Waals surface area contributed by atoms with Crippen LogP contribution in [0.25, 0.3) is 0 Å². The molecule has 2 unspecified atom stereocenters. The Morgan fingerprint density at radius 3 is 1.86 bits per heavy atom. The molecule has 3 atom stereocenters. The zero-order chi connectivity index (χ0) is 32.1. The first kappa shape index (κ1) is 40.6. The number of hydrogen-bond acceptors (Lipinski definition) is 6. The van der Waals surface area contributed by atoms with E-state index in [0.29, 0.717) is 25.0 Å². The van der Waals surface area contributed by atoms with Crippen molar-refractivity contribution in [2.45, 2.75) is 200 Å². The van der Waals surface area contributed by atoms with Gasteiger partial charge in [0.2, 0.25) is 0 Å². The number of ether oxygens (including phenoxy) is 3. The van der Waals surface area contributed by atoms with Gasteiger partial charge in [-0.25, -0.2) is 0 Å². The molecule has 6 nitrogen and oxygen atoms in total. The Labute approximate surface area is 271 Å². The normalized spacial score (nSPS) is 16.9. The fourth-order valence-corrected chi connectivity index (χ4v) is 5.69. The van der Waals surface area contributed by atoms with Crippen molar-refractivity contribution < 1.29 is 28.9 Å². The van der Waals surface area contributed by atoms with Crippen LogP contribution in [0.1, 0.15) is 181 Å². The van der Waals surface area contributed by atoms with Gasteiger partial charge in [0.25, 0.3) is 0 Å². The lowest BCUT2D eigenvalue weighted by molar-refractivity contribution is -0.161. The quantitative estimate of drug-likeness (QED) is 0.0348. The molecule has 1 rings (SSSR count). The highest BCUT2D eigenvalue weighted by atomic mass is 16.6. The van der Waals surface area contributed by atoms with Gasteiger partial charge >= 0.3 is 11.9 Å². The van der Waals surface area contributed by atoms with Gasteiger partial charge in [-0.15, -0.1) is 0 Å². The van der Waals surface area contributed by atoms with Gasteiger partial charge in [0, 0.05) is 12.8 Å². The zero-order valence-corrected chi connectivity index (χ0v) is 29.0. The SMILES string of the molecule is CCCCC/C=C\CC1OC1CCCCCCCC(=O)OC[C@H](CO)OC(=O)CCCCCCCCCCCCCC(C)C. The largest absolute Gasteiger partial charge is 0.462 e. The third-order valence-corrected chi connectivity index (χ3v) is 8.66. The van der Waals surface area contributed by atoms with E-state index in [1.54, 1.807) is 0 Å². The van der Waals surface area contributed by atoms with E-state index in [1.165, 1.54) is 89.9 Å². The van der Waals surface area contributed by atoms with Crippen LogP contribution >= 0.6 is 0 Å². The van der Waals surface area contributed by atoms with Crippen LogP contribution in [0.3, 0.4) is 0 Å². The Hall–Kier alpha value is -1.40. The summed E-state index contributed by atoms with van der Waals surface area (Å²) < 4.78 is 16.4. The van der Waals surface area contributed by atoms with Crippen LogP contribution in [0.2, 0.25) is 0 Å². The maximum Gasteiger partial charge on any atom is 0.306 e. The van der Waals surface area contributed by atoms with Gasteiger partial charge in [-0.05, 0) is 44.4 Å². The Morgan fingerprint density at radius 1 is 0.705 bits per heavy atom. The number of esters is 2. The minimum Gasteiger partial charge on any atom is -0.462 e. The number of aliphatic hydroxyl groups excluding tert-OH is 1. The molecule has 0 aromatic carbocycles. The first-order valence-corrected chi connectivity index (χ1v) is 18.7. The molecule has 1 saturated heterocycles. The van der Waals surface area contributed by atoms with Crippen molar-refractivity contribution >= 4 is 11.9 Å². The highest BCUT2D eigenvalue weighted by molar-refractivity contribution is 5.70. The summed E-state index contributed by atoms with van der Waals surface area (Å²) in [6.45, 7) is 6.42. The van der Waals surface area contributed by atoms with Gasteiger partial charge in [-0.3, -0.25) is 9.59 Å². The Morgan fingerprint density at radius 2 is 1.27 bits per heavy atom. The summed E-state index contributed by atoms with van der Waals surface area (Å²) in [6.07, 6.45) is 32.9. The average molecular weight is 623 g/mol. The Kier molecular flexibility index (Phi) is 26.8. The maximum absolute atomic E-state index is 12.1. The van der Waals surface area contributed by atoms with E-state index < -0.39 is 6.10 Å². The van der Waals surface area contributed by atoms with Gasteiger partial charge in [0.15, 0.2) is 6.10 Å². The monoisotopic (exact) mass is 623 g/mol. The molecule has 1 aliphatic heterocycles. The van der Waals surface area contributed by atoms with Crippen molar-refractivity contribution in [3.63, 3.8) is 0 Å². The molecule has 44 heavy (non-hydrogen) atoms. The molecule has 0 spiro atoms. The first-order valence-electron chi connectivity index (χ1n) is 18.7. The number of epoxide rings is 1. The third-order valence-electron chi connectivity index (χ3n) is 8.66. The molecule has 0 bridgehead atoms. The molecule has 1 heterocycles. The summed E-state index contributed by atoms with van der Waals surface area (Å²) in [6, 6.07) is 0. The molecular weight excluding hydrogens is 552 g/mol. The van der Waals surface area contributed by atoms with Gasteiger partial charge < -0.3 is 19.3 Å². The van der Waals surface area contributed by atoms with Gasteiger partial charge in [-0.2, -0.15) is 0 Å². The van der Waals surface area contributed by atoms with Crippen molar-refractivity contribution in [1.29, 1.82) is 0 Å². The maximum atomic E-state index is 12.1. The molecule has 0 amide bonds. The molecule has 0 aromatic heterocycles. The van der Waals surface area contributed by atoms with Crippen molar-refractivity contribution in [3.05, 3.63) is 12.2 Å². The number of carbonyl (C=O) groups is 2. The second kappa shape index (κ2) is 29.0. The number of rotatable bonds is 32. The summed E-state index contributed by atoms with van der Waals surface area (Å²) in [5.74, 6) is 0.222. The molecule has 0 saturated carbocycles. The van der Waals surface area contributed by atoms with E-state index in [9.17, 15) is 14.7 Å². The molecule has 1 N–H and O–H groups in total. The summed E-state index contributed by atoms with van der Waals surface area (Å²) in [5, 5.41) is 9.54. The summed E-state index contributed by atoms with van der Waals surface area (Å²) in [7, 11) is 0. The van der Waals surface area contributed by atoms with Gasteiger partial charge in [0.05, 0.1) is 18.8 Å². The Bertz CT molecular complexity index is 705. The van der Waals surface area contributed by atoms with Crippen molar-refractivity contribution in [2.24, 2.45) is 5.92 Å². The van der Waals surface area contributed by atoms with E-state index >= 15 is 0 Å². The number of carbonyl (C=O) groups excluding carboxylic acids is 2. The van der Waals surface area contributed by atoms with E-state index in [4.69, 9.17) is 14.2 Å². The highest BCUT2D eigenvalue weighted by Crippen LogP contribution is 2.30. The number of aliphatic hydroxyl groups is 1. The lowest BCUT2D eigenvalue weighted by atomic mass is 10.0. The number of unbranched alkanes of at least 4 members (excludes halogenated alkanes) is 17. The first-order chi connectivity index (χ1) is 21.5. The Balaban J connectivity index is 1.89. The second-order valence-electron chi connectivity index (χ2n) is 13.5. The summed E-state index contributed by atoms with van der Waals surface area (Å²) in [5.41, 5.74) is 0. The van der Waals surface area contributed by atoms with Crippen molar-refractivity contribution in [3.8, 4) is 0 Å². The van der Waals surface area contributed by atoms with Crippen LogP contribution in [0.4, 0.5) is 0 Å². The lowest BCUT2D eigenvalue weighted by Crippen LogP contribution is -2.28. The fourth-order valence-electron chi connectivity index (χ4n) is 5.69. The minimum atomic E-state index is -0.776. The summed E-state index contributed by atoms with van der Waals surface area (Å²) in [4.78, 5) is 24.2. The van der Waals surface area contributed by atoms with Crippen LogP contribution in [0, 0.1) is 5.92 Å². The van der Waals surface area contributed by atoms with Gasteiger partial charge in [-0.1, -0.05) is 142 Å². The molecule has 6 heteroatoms. The minimum absolute atomic E-state index is 0.0741. The van der Waals surface area contributed by atoms with E-state index in [1.807, 2.05) is 0 Å². The van der Waals surface area contributed by atoms with Crippen LogP contribution in [-0.2, 0) is 23.8 Å². The molecule has 1 fully saturated rings. The third kappa shape index (κ3) is 25.9. The lowest BCUT2D eigenvalue weighted by Gasteiger charge is -2.15. The predicted molar refractivity (Wildman–Crippen MR) is 182 cm³/mol. The molecule has 0 radical (unpaired) electrons. The molecule has 258 valence electrons. The highest BCUT2D eigenvalue weighted by Gasteiger charge is 2.36.